The Morgan fingerprint density at radius 3 is 2.30 bits per heavy atom. The summed E-state index contributed by atoms with van der Waals surface area (Å²) < 4.78 is 0. The molecular weight excluding hydrogens is 244 g/mol. The molecule has 0 heterocycles. The third kappa shape index (κ3) is 2.73. The summed E-state index contributed by atoms with van der Waals surface area (Å²) in [4.78, 5) is 0. The minimum Gasteiger partial charge on any atom is -0.388 e. The SMILES string of the molecule is Cc1ccc(CC(O)c2ccc3ccccc3c2)cc1. The fourth-order valence-corrected chi connectivity index (χ4v) is 2.48. The van der Waals surface area contributed by atoms with Crippen LogP contribution in [-0.4, -0.2) is 5.11 Å². The standard InChI is InChI=1S/C19H18O/c1-14-6-8-15(9-7-14)12-19(20)18-11-10-16-4-2-3-5-17(16)13-18/h2-11,13,19-20H,12H2,1H3. The van der Waals surface area contributed by atoms with Crippen molar-refractivity contribution < 1.29 is 5.11 Å². The van der Waals surface area contributed by atoms with E-state index in [4.69, 9.17) is 0 Å². The molecule has 0 bridgehead atoms. The molecule has 0 aromatic heterocycles. The number of hydrogen-bond donors (Lipinski definition) is 1. The van der Waals surface area contributed by atoms with Crippen molar-refractivity contribution in [2.45, 2.75) is 19.4 Å². The second-order valence-electron chi connectivity index (χ2n) is 5.31. The molecule has 3 aromatic rings. The molecule has 0 fully saturated rings. The van der Waals surface area contributed by atoms with E-state index in [0.717, 1.165) is 11.1 Å². The van der Waals surface area contributed by atoms with Crippen molar-refractivity contribution in [2.75, 3.05) is 0 Å². The third-order valence-electron chi connectivity index (χ3n) is 3.71. The van der Waals surface area contributed by atoms with Gasteiger partial charge in [-0.25, -0.2) is 0 Å². The number of aryl methyl sites for hydroxylation is 1. The molecule has 100 valence electrons. The zero-order valence-corrected chi connectivity index (χ0v) is 11.6. The number of benzene rings is 3. The van der Waals surface area contributed by atoms with Crippen LogP contribution < -0.4 is 0 Å². The van der Waals surface area contributed by atoms with Gasteiger partial charge in [-0.2, -0.15) is 0 Å². The van der Waals surface area contributed by atoms with Crippen molar-refractivity contribution in [2.24, 2.45) is 0 Å². The highest BCUT2D eigenvalue weighted by Crippen LogP contribution is 2.23. The summed E-state index contributed by atoms with van der Waals surface area (Å²) in [6.07, 6.45) is 0.195. The lowest BCUT2D eigenvalue weighted by molar-refractivity contribution is 0.178. The van der Waals surface area contributed by atoms with E-state index in [0.29, 0.717) is 6.42 Å². The van der Waals surface area contributed by atoms with E-state index in [9.17, 15) is 5.11 Å². The van der Waals surface area contributed by atoms with Gasteiger partial charge in [-0.05, 0) is 34.9 Å². The van der Waals surface area contributed by atoms with Gasteiger partial charge >= 0.3 is 0 Å². The fourth-order valence-electron chi connectivity index (χ4n) is 2.48. The van der Waals surface area contributed by atoms with Gasteiger partial charge in [-0.15, -0.1) is 0 Å². The molecule has 20 heavy (non-hydrogen) atoms. The Hall–Kier alpha value is -2.12. The average molecular weight is 262 g/mol. The number of aliphatic hydroxyl groups excluding tert-OH is 1. The zero-order valence-electron chi connectivity index (χ0n) is 11.6. The molecule has 3 aromatic carbocycles. The Morgan fingerprint density at radius 1 is 0.850 bits per heavy atom. The van der Waals surface area contributed by atoms with Crippen LogP contribution in [0.1, 0.15) is 22.8 Å². The van der Waals surface area contributed by atoms with Crippen LogP contribution in [0.15, 0.2) is 66.7 Å². The maximum Gasteiger partial charge on any atom is 0.0830 e. The van der Waals surface area contributed by atoms with Gasteiger partial charge in [0.05, 0.1) is 6.10 Å². The van der Waals surface area contributed by atoms with Crippen molar-refractivity contribution in [3.05, 3.63) is 83.4 Å². The first-order chi connectivity index (χ1) is 9.72. The Kier molecular flexibility index (Phi) is 3.53. The summed E-state index contributed by atoms with van der Waals surface area (Å²) in [6.45, 7) is 2.07. The van der Waals surface area contributed by atoms with Crippen molar-refractivity contribution in [3.8, 4) is 0 Å². The van der Waals surface area contributed by atoms with Gasteiger partial charge in [0.1, 0.15) is 0 Å². The molecule has 0 aliphatic carbocycles. The van der Waals surface area contributed by atoms with Gasteiger partial charge in [0.2, 0.25) is 0 Å². The topological polar surface area (TPSA) is 20.2 Å². The van der Waals surface area contributed by atoms with Gasteiger partial charge in [0.15, 0.2) is 0 Å². The summed E-state index contributed by atoms with van der Waals surface area (Å²) in [6, 6.07) is 22.7. The second kappa shape index (κ2) is 5.48. The maximum atomic E-state index is 10.4. The Balaban J connectivity index is 1.84. The Morgan fingerprint density at radius 2 is 1.55 bits per heavy atom. The largest absolute Gasteiger partial charge is 0.388 e. The van der Waals surface area contributed by atoms with Crippen LogP contribution >= 0.6 is 0 Å². The first-order valence-corrected chi connectivity index (χ1v) is 6.95. The summed E-state index contributed by atoms with van der Waals surface area (Å²) >= 11 is 0. The molecule has 1 atom stereocenters. The molecule has 0 radical (unpaired) electrons. The monoisotopic (exact) mass is 262 g/mol. The molecule has 0 saturated carbocycles. The van der Waals surface area contributed by atoms with E-state index < -0.39 is 6.10 Å². The molecule has 1 unspecified atom stereocenters. The third-order valence-corrected chi connectivity index (χ3v) is 3.71. The van der Waals surface area contributed by atoms with Gasteiger partial charge in [-0.3, -0.25) is 0 Å². The Labute approximate surface area is 119 Å². The molecule has 3 rings (SSSR count). The lowest BCUT2D eigenvalue weighted by Gasteiger charge is -2.12. The van der Waals surface area contributed by atoms with Crippen molar-refractivity contribution >= 4 is 10.8 Å². The summed E-state index contributed by atoms with van der Waals surface area (Å²) in [5.74, 6) is 0. The average Bonchev–Trinajstić information content (AvgIpc) is 2.49. The van der Waals surface area contributed by atoms with Gasteiger partial charge in [0, 0.05) is 6.42 Å². The van der Waals surface area contributed by atoms with Crippen LogP contribution in [0.4, 0.5) is 0 Å². The number of rotatable bonds is 3. The first kappa shape index (κ1) is 12.9. The number of fused-ring (bicyclic) bond motifs is 1. The molecule has 1 N–H and O–H groups in total. The highest BCUT2D eigenvalue weighted by molar-refractivity contribution is 5.83. The molecule has 0 saturated heterocycles. The molecule has 1 nitrogen and oxygen atoms in total. The highest BCUT2D eigenvalue weighted by Gasteiger charge is 2.09. The molecule has 0 aliphatic heterocycles. The lowest BCUT2D eigenvalue weighted by atomic mass is 9.98. The molecule has 0 spiro atoms. The van der Waals surface area contributed by atoms with E-state index in [2.05, 4.69) is 55.5 Å². The Bertz CT molecular complexity index is 713. The maximum absolute atomic E-state index is 10.4. The smallest absolute Gasteiger partial charge is 0.0830 e. The van der Waals surface area contributed by atoms with Crippen molar-refractivity contribution in [3.63, 3.8) is 0 Å². The van der Waals surface area contributed by atoms with E-state index >= 15 is 0 Å². The van der Waals surface area contributed by atoms with Crippen LogP contribution in [0, 0.1) is 6.92 Å². The zero-order chi connectivity index (χ0) is 13.9. The fraction of sp³-hybridized carbons (Fsp3) is 0.158. The second-order valence-corrected chi connectivity index (χ2v) is 5.31. The predicted octanol–water partition coefficient (Wildman–Crippen LogP) is 4.42. The highest BCUT2D eigenvalue weighted by atomic mass is 16.3. The minimum atomic E-state index is -0.456. The first-order valence-electron chi connectivity index (χ1n) is 6.95. The number of aliphatic hydroxyl groups is 1. The van der Waals surface area contributed by atoms with E-state index in [1.54, 1.807) is 0 Å². The normalized spacial score (nSPS) is 12.5. The van der Waals surface area contributed by atoms with E-state index in [1.165, 1.54) is 16.3 Å². The van der Waals surface area contributed by atoms with Gasteiger partial charge in [0.25, 0.3) is 0 Å². The van der Waals surface area contributed by atoms with Crippen molar-refractivity contribution in [1.29, 1.82) is 0 Å². The van der Waals surface area contributed by atoms with Crippen LogP contribution in [-0.2, 0) is 6.42 Å². The predicted molar refractivity (Wildman–Crippen MR) is 83.8 cm³/mol. The van der Waals surface area contributed by atoms with Gasteiger partial charge < -0.3 is 5.11 Å². The molecule has 0 amide bonds. The van der Waals surface area contributed by atoms with Crippen LogP contribution in [0.25, 0.3) is 10.8 Å². The van der Waals surface area contributed by atoms with Gasteiger partial charge in [-0.1, -0.05) is 66.2 Å². The molecule has 0 aliphatic rings. The molecule has 1 heteroatoms. The van der Waals surface area contributed by atoms with E-state index in [-0.39, 0.29) is 0 Å². The van der Waals surface area contributed by atoms with Crippen LogP contribution in [0.2, 0.25) is 0 Å². The lowest BCUT2D eigenvalue weighted by Crippen LogP contribution is -2.01. The summed E-state index contributed by atoms with van der Waals surface area (Å²) in [5.41, 5.74) is 3.38. The summed E-state index contributed by atoms with van der Waals surface area (Å²) in [7, 11) is 0. The molecular formula is C19H18O. The van der Waals surface area contributed by atoms with Crippen molar-refractivity contribution in [1.82, 2.24) is 0 Å². The quantitative estimate of drug-likeness (QED) is 0.740. The van der Waals surface area contributed by atoms with Crippen LogP contribution in [0.3, 0.4) is 0 Å². The number of hydrogen-bond acceptors (Lipinski definition) is 1. The summed E-state index contributed by atoms with van der Waals surface area (Å²) in [5, 5.41) is 12.8. The van der Waals surface area contributed by atoms with E-state index in [1.807, 2.05) is 18.2 Å². The minimum absolute atomic E-state index is 0.456. The van der Waals surface area contributed by atoms with Crippen LogP contribution in [0.5, 0.6) is 0 Å².